The number of halogens is 1. The van der Waals surface area contributed by atoms with E-state index >= 15 is 0 Å². The zero-order valence-electron chi connectivity index (χ0n) is 9.82. The van der Waals surface area contributed by atoms with Crippen LogP contribution in [0, 0.1) is 10.1 Å². The molecular formula is C12H6ClN3O3S. The van der Waals surface area contributed by atoms with Crippen molar-refractivity contribution >= 4 is 38.8 Å². The van der Waals surface area contributed by atoms with E-state index in [0.29, 0.717) is 11.6 Å². The van der Waals surface area contributed by atoms with Gasteiger partial charge in [0.1, 0.15) is 21.8 Å². The van der Waals surface area contributed by atoms with Gasteiger partial charge in [-0.3, -0.25) is 10.1 Å². The molecule has 0 radical (unpaired) electrons. The van der Waals surface area contributed by atoms with Gasteiger partial charge in [0.15, 0.2) is 0 Å². The van der Waals surface area contributed by atoms with Gasteiger partial charge in [-0.15, -0.1) is 11.3 Å². The van der Waals surface area contributed by atoms with Crippen molar-refractivity contribution in [1.29, 1.82) is 0 Å². The molecule has 0 fully saturated rings. The Morgan fingerprint density at radius 3 is 2.90 bits per heavy atom. The van der Waals surface area contributed by atoms with Crippen LogP contribution in [-0.2, 0) is 0 Å². The van der Waals surface area contributed by atoms with Crippen LogP contribution in [-0.4, -0.2) is 14.9 Å². The predicted octanol–water partition coefficient (Wildman–Crippen LogP) is 4.05. The number of benzene rings is 1. The summed E-state index contributed by atoms with van der Waals surface area (Å²) in [6, 6.07) is 6.02. The molecule has 20 heavy (non-hydrogen) atoms. The van der Waals surface area contributed by atoms with E-state index in [0.717, 1.165) is 10.2 Å². The monoisotopic (exact) mass is 307 g/mol. The number of aromatic nitrogens is 2. The SMILES string of the molecule is O=[N+]([O-])c1ccc(Oc2ncnc3ccsc23)cc1Cl. The van der Waals surface area contributed by atoms with Crippen LogP contribution in [0.1, 0.15) is 0 Å². The fraction of sp³-hybridized carbons (Fsp3) is 0. The summed E-state index contributed by atoms with van der Waals surface area (Å²) in [5.74, 6) is 0.781. The highest BCUT2D eigenvalue weighted by Crippen LogP contribution is 2.33. The first kappa shape index (κ1) is 12.8. The van der Waals surface area contributed by atoms with Gasteiger partial charge < -0.3 is 4.74 Å². The number of rotatable bonds is 3. The molecule has 8 heteroatoms. The van der Waals surface area contributed by atoms with Gasteiger partial charge in [-0.1, -0.05) is 11.6 Å². The maximum Gasteiger partial charge on any atom is 0.288 e. The highest BCUT2D eigenvalue weighted by atomic mass is 35.5. The molecule has 0 atom stereocenters. The lowest BCUT2D eigenvalue weighted by molar-refractivity contribution is -0.384. The molecule has 0 aliphatic heterocycles. The van der Waals surface area contributed by atoms with Crippen molar-refractivity contribution in [3.05, 3.63) is 51.1 Å². The fourth-order valence-electron chi connectivity index (χ4n) is 1.65. The predicted molar refractivity (Wildman–Crippen MR) is 75.6 cm³/mol. The number of ether oxygens (including phenoxy) is 1. The van der Waals surface area contributed by atoms with Gasteiger partial charge in [0.25, 0.3) is 5.69 Å². The second kappa shape index (κ2) is 5.03. The Kier molecular flexibility index (Phi) is 3.21. The highest BCUT2D eigenvalue weighted by molar-refractivity contribution is 7.17. The number of hydrogen-bond donors (Lipinski definition) is 0. The zero-order valence-corrected chi connectivity index (χ0v) is 11.4. The second-order valence-corrected chi connectivity index (χ2v) is 5.11. The van der Waals surface area contributed by atoms with Crippen LogP contribution in [0.2, 0.25) is 5.02 Å². The molecule has 1 aromatic carbocycles. The maximum atomic E-state index is 10.7. The molecule has 0 bridgehead atoms. The number of nitrogens with zero attached hydrogens (tertiary/aromatic N) is 3. The van der Waals surface area contributed by atoms with Crippen LogP contribution in [0.4, 0.5) is 5.69 Å². The van der Waals surface area contributed by atoms with E-state index in [9.17, 15) is 10.1 Å². The topological polar surface area (TPSA) is 78.2 Å². The third-order valence-corrected chi connectivity index (χ3v) is 3.74. The molecule has 0 saturated heterocycles. The van der Waals surface area contributed by atoms with Crippen LogP contribution < -0.4 is 4.74 Å². The quantitative estimate of drug-likeness (QED) is 0.539. The largest absolute Gasteiger partial charge is 0.437 e. The van der Waals surface area contributed by atoms with Gasteiger partial charge in [-0.05, 0) is 17.5 Å². The molecule has 2 heterocycles. The molecule has 0 aliphatic rings. The van der Waals surface area contributed by atoms with Gasteiger partial charge in [-0.2, -0.15) is 0 Å². The van der Waals surface area contributed by atoms with E-state index in [-0.39, 0.29) is 10.7 Å². The van der Waals surface area contributed by atoms with Gasteiger partial charge >= 0.3 is 0 Å². The Hall–Kier alpha value is -2.25. The first-order valence-corrected chi connectivity index (χ1v) is 6.71. The van der Waals surface area contributed by atoms with Crippen LogP contribution in [0.15, 0.2) is 36.0 Å². The molecule has 0 spiro atoms. The normalized spacial score (nSPS) is 10.7. The Morgan fingerprint density at radius 2 is 2.15 bits per heavy atom. The van der Waals surface area contributed by atoms with E-state index in [1.807, 2.05) is 11.4 Å². The Morgan fingerprint density at radius 1 is 1.30 bits per heavy atom. The smallest absolute Gasteiger partial charge is 0.288 e. The number of nitro groups is 1. The lowest BCUT2D eigenvalue weighted by atomic mass is 10.3. The minimum absolute atomic E-state index is 0.0176. The number of fused-ring (bicyclic) bond motifs is 1. The molecule has 0 N–H and O–H groups in total. The van der Waals surface area contributed by atoms with Gasteiger partial charge in [-0.25, -0.2) is 9.97 Å². The average Bonchev–Trinajstić information content (AvgIpc) is 2.87. The summed E-state index contributed by atoms with van der Waals surface area (Å²) in [5, 5.41) is 12.6. The minimum atomic E-state index is -0.547. The van der Waals surface area contributed by atoms with Gasteiger partial charge in [0.2, 0.25) is 5.88 Å². The highest BCUT2D eigenvalue weighted by Gasteiger charge is 2.14. The molecule has 0 aliphatic carbocycles. The van der Waals surface area contributed by atoms with Crippen molar-refractivity contribution in [3.63, 3.8) is 0 Å². The lowest BCUT2D eigenvalue weighted by Crippen LogP contribution is -1.92. The van der Waals surface area contributed by atoms with Crippen molar-refractivity contribution in [2.45, 2.75) is 0 Å². The van der Waals surface area contributed by atoms with E-state index < -0.39 is 4.92 Å². The molecule has 0 amide bonds. The summed E-state index contributed by atoms with van der Waals surface area (Å²) in [4.78, 5) is 18.3. The fourth-order valence-corrected chi connectivity index (χ4v) is 2.66. The minimum Gasteiger partial charge on any atom is -0.437 e. The number of thiophene rings is 1. The molecule has 2 aromatic heterocycles. The van der Waals surface area contributed by atoms with Crippen LogP contribution in [0.5, 0.6) is 11.6 Å². The first-order valence-electron chi connectivity index (χ1n) is 5.45. The molecule has 0 saturated carbocycles. The summed E-state index contributed by atoms with van der Waals surface area (Å²) in [6.45, 7) is 0. The third-order valence-electron chi connectivity index (χ3n) is 2.54. The van der Waals surface area contributed by atoms with Crippen LogP contribution >= 0.6 is 22.9 Å². The zero-order chi connectivity index (χ0) is 14.1. The van der Waals surface area contributed by atoms with E-state index in [2.05, 4.69) is 9.97 Å². The standard InChI is InChI=1S/C12H6ClN3O3S/c13-8-5-7(1-2-10(8)16(17)18)19-12-11-9(3-4-20-11)14-6-15-12/h1-6H. The lowest BCUT2D eigenvalue weighted by Gasteiger charge is -2.05. The summed E-state index contributed by atoms with van der Waals surface area (Å²) in [6.07, 6.45) is 1.40. The molecule has 100 valence electrons. The number of hydrogen-bond acceptors (Lipinski definition) is 6. The Labute approximate surface area is 121 Å². The Bertz CT molecular complexity index is 805. The van der Waals surface area contributed by atoms with Crippen LogP contribution in [0.25, 0.3) is 10.2 Å². The number of nitro benzene ring substituents is 1. The molecule has 3 rings (SSSR count). The van der Waals surface area contributed by atoms with Crippen molar-refractivity contribution in [1.82, 2.24) is 9.97 Å². The second-order valence-electron chi connectivity index (χ2n) is 3.79. The summed E-state index contributed by atoms with van der Waals surface area (Å²) in [5.41, 5.74) is 0.621. The Balaban J connectivity index is 1.97. The average molecular weight is 308 g/mol. The summed E-state index contributed by atoms with van der Waals surface area (Å²) < 4.78 is 6.43. The van der Waals surface area contributed by atoms with E-state index in [1.165, 1.54) is 35.9 Å². The molecular weight excluding hydrogens is 302 g/mol. The molecule has 0 unspecified atom stereocenters. The van der Waals surface area contributed by atoms with Crippen LogP contribution in [0.3, 0.4) is 0 Å². The van der Waals surface area contributed by atoms with Crippen molar-refractivity contribution < 1.29 is 9.66 Å². The molecule has 3 aromatic rings. The van der Waals surface area contributed by atoms with Crippen molar-refractivity contribution in [3.8, 4) is 11.6 Å². The summed E-state index contributed by atoms with van der Waals surface area (Å²) >= 11 is 7.29. The van der Waals surface area contributed by atoms with E-state index in [1.54, 1.807) is 0 Å². The maximum absolute atomic E-state index is 10.7. The van der Waals surface area contributed by atoms with Gasteiger partial charge in [0.05, 0.1) is 10.4 Å². The first-order chi connectivity index (χ1) is 9.65. The third kappa shape index (κ3) is 2.28. The van der Waals surface area contributed by atoms with Crippen molar-refractivity contribution in [2.24, 2.45) is 0 Å². The molecule has 6 nitrogen and oxygen atoms in total. The van der Waals surface area contributed by atoms with Crippen molar-refractivity contribution in [2.75, 3.05) is 0 Å². The summed E-state index contributed by atoms with van der Waals surface area (Å²) in [7, 11) is 0. The van der Waals surface area contributed by atoms with E-state index in [4.69, 9.17) is 16.3 Å². The van der Waals surface area contributed by atoms with Gasteiger partial charge in [0, 0.05) is 12.1 Å².